The van der Waals surface area contributed by atoms with Crippen LogP contribution in [0.3, 0.4) is 0 Å². The van der Waals surface area contributed by atoms with E-state index in [0.717, 1.165) is 0 Å². The number of hydrogen-bond donors (Lipinski definition) is 2. The first kappa shape index (κ1) is 18.5. The lowest BCUT2D eigenvalue weighted by Gasteiger charge is -2.32. The number of anilines is 2. The minimum absolute atomic E-state index is 0.303. The first-order chi connectivity index (χ1) is 10.8. The number of rotatable bonds is 2. The number of amides is 1. The maximum absolute atomic E-state index is 12.0. The third-order valence-corrected chi connectivity index (χ3v) is 4.06. The second-order valence-electron chi connectivity index (χ2n) is 7.92. The number of ether oxygens (including phenoxy) is 1. The van der Waals surface area contributed by atoms with Crippen LogP contribution in [0.4, 0.5) is 16.3 Å². The molecule has 0 bridgehead atoms. The van der Waals surface area contributed by atoms with Crippen LogP contribution in [0, 0.1) is 0 Å². The van der Waals surface area contributed by atoms with Crippen LogP contribution >= 0.6 is 0 Å². The molecule has 3 N–H and O–H groups in total. The van der Waals surface area contributed by atoms with Gasteiger partial charge >= 0.3 is 13.2 Å². The molecule has 8 heteroatoms. The predicted molar refractivity (Wildman–Crippen MR) is 94.2 cm³/mol. The molecule has 1 aliphatic rings. The minimum atomic E-state index is -0.684. The van der Waals surface area contributed by atoms with Crippen molar-refractivity contribution in [1.82, 2.24) is 4.98 Å². The first-order valence-corrected chi connectivity index (χ1v) is 7.92. The van der Waals surface area contributed by atoms with Crippen molar-refractivity contribution in [3.05, 3.63) is 12.3 Å². The summed E-state index contributed by atoms with van der Waals surface area (Å²) in [6.07, 6.45) is 0.860. The Bertz CT molecular complexity index is 625. The summed E-state index contributed by atoms with van der Waals surface area (Å²) < 4.78 is 17.3. The van der Waals surface area contributed by atoms with Gasteiger partial charge in [0.2, 0.25) is 0 Å². The molecular weight excluding hydrogens is 309 g/mol. The topological polar surface area (TPSA) is 95.7 Å². The van der Waals surface area contributed by atoms with Gasteiger partial charge in [-0.1, -0.05) is 0 Å². The zero-order chi connectivity index (χ0) is 18.3. The Morgan fingerprint density at radius 2 is 1.79 bits per heavy atom. The summed E-state index contributed by atoms with van der Waals surface area (Å²) in [5, 5.41) is 2.64. The van der Waals surface area contributed by atoms with Gasteiger partial charge in [-0.2, -0.15) is 0 Å². The molecule has 1 saturated heterocycles. The van der Waals surface area contributed by atoms with E-state index in [9.17, 15) is 4.79 Å². The number of nitrogen functional groups attached to an aromatic ring is 1. The lowest BCUT2D eigenvalue weighted by atomic mass is 9.79. The maximum Gasteiger partial charge on any atom is 0.498 e. The van der Waals surface area contributed by atoms with Crippen LogP contribution in [0.1, 0.15) is 48.5 Å². The van der Waals surface area contributed by atoms with Gasteiger partial charge in [0.25, 0.3) is 0 Å². The lowest BCUT2D eigenvalue weighted by Crippen LogP contribution is -2.41. The Morgan fingerprint density at radius 1 is 1.25 bits per heavy atom. The molecule has 1 amide bonds. The highest BCUT2D eigenvalue weighted by molar-refractivity contribution is 6.64. The van der Waals surface area contributed by atoms with Gasteiger partial charge in [0, 0.05) is 11.2 Å². The monoisotopic (exact) mass is 335 g/mol. The Labute approximate surface area is 143 Å². The van der Waals surface area contributed by atoms with Crippen molar-refractivity contribution in [2.45, 2.75) is 65.3 Å². The molecule has 132 valence electrons. The highest BCUT2D eigenvalue weighted by Gasteiger charge is 2.52. The molecule has 1 aromatic heterocycles. The van der Waals surface area contributed by atoms with Crippen LogP contribution in [0.25, 0.3) is 0 Å². The number of aromatic nitrogens is 1. The molecule has 0 aromatic carbocycles. The summed E-state index contributed by atoms with van der Waals surface area (Å²) in [6, 6.07) is 1.68. The van der Waals surface area contributed by atoms with E-state index >= 15 is 0 Å². The maximum atomic E-state index is 12.0. The average Bonchev–Trinajstić information content (AvgIpc) is 2.58. The van der Waals surface area contributed by atoms with Gasteiger partial charge in [0.15, 0.2) is 0 Å². The average molecular weight is 335 g/mol. The first-order valence-electron chi connectivity index (χ1n) is 7.92. The largest absolute Gasteiger partial charge is 0.498 e. The fourth-order valence-corrected chi connectivity index (χ4v) is 2.15. The molecule has 1 aliphatic heterocycles. The van der Waals surface area contributed by atoms with E-state index in [1.165, 1.54) is 6.20 Å². The number of carbonyl (C=O) groups excluding carboxylic acids is 1. The van der Waals surface area contributed by atoms with Crippen molar-refractivity contribution in [2.24, 2.45) is 0 Å². The van der Waals surface area contributed by atoms with E-state index in [1.54, 1.807) is 26.8 Å². The van der Waals surface area contributed by atoms with Crippen LogP contribution in [0.2, 0.25) is 0 Å². The smallest absolute Gasteiger partial charge is 0.444 e. The van der Waals surface area contributed by atoms with Crippen molar-refractivity contribution >= 4 is 30.2 Å². The number of nitrogens with one attached hydrogen (secondary N) is 1. The predicted octanol–water partition coefficient (Wildman–Crippen LogP) is 2.31. The Hall–Kier alpha value is -1.80. The number of hydrogen-bond acceptors (Lipinski definition) is 6. The molecule has 24 heavy (non-hydrogen) atoms. The van der Waals surface area contributed by atoms with E-state index in [0.29, 0.717) is 17.0 Å². The molecular formula is C16H26BN3O4. The van der Waals surface area contributed by atoms with E-state index < -0.39 is 30.0 Å². The fraction of sp³-hybridized carbons (Fsp3) is 0.625. The van der Waals surface area contributed by atoms with Gasteiger partial charge in [-0.15, -0.1) is 0 Å². The zero-order valence-corrected chi connectivity index (χ0v) is 15.4. The van der Waals surface area contributed by atoms with E-state index in [1.807, 2.05) is 27.7 Å². The van der Waals surface area contributed by atoms with Gasteiger partial charge in [-0.3, -0.25) is 5.32 Å². The third-order valence-electron chi connectivity index (χ3n) is 4.06. The van der Waals surface area contributed by atoms with Gasteiger partial charge in [-0.05, 0) is 54.5 Å². The molecule has 0 saturated carbocycles. The van der Waals surface area contributed by atoms with E-state index in [-0.39, 0.29) is 0 Å². The SMILES string of the molecule is CC(C)(C)OC(=O)Nc1ncc(N)cc1B1OC(C)(C)C(C)(C)O1. The van der Waals surface area contributed by atoms with Gasteiger partial charge in [0.1, 0.15) is 11.4 Å². The summed E-state index contributed by atoms with van der Waals surface area (Å²) in [5.74, 6) is 0.303. The number of nitrogens with zero attached hydrogens (tertiary/aromatic N) is 1. The van der Waals surface area contributed by atoms with Crippen molar-refractivity contribution in [3.8, 4) is 0 Å². The van der Waals surface area contributed by atoms with Crippen LogP contribution in [0.5, 0.6) is 0 Å². The Kier molecular flexibility index (Phi) is 4.58. The molecule has 0 radical (unpaired) electrons. The van der Waals surface area contributed by atoms with Crippen LogP contribution in [-0.4, -0.2) is 35.0 Å². The van der Waals surface area contributed by atoms with Crippen molar-refractivity contribution in [1.29, 1.82) is 0 Å². The Morgan fingerprint density at radius 3 is 2.29 bits per heavy atom. The summed E-state index contributed by atoms with van der Waals surface area (Å²) in [4.78, 5) is 16.2. The summed E-state index contributed by atoms with van der Waals surface area (Å²) in [7, 11) is -0.684. The van der Waals surface area contributed by atoms with Crippen molar-refractivity contribution < 1.29 is 18.8 Å². The standard InChI is InChI=1S/C16H26BN3O4/c1-14(2,3)22-13(21)20-12-11(8-10(18)9-19-12)17-23-15(4,5)16(6,7)24-17/h8-9H,18H2,1-7H3,(H,19,20,21). The summed E-state index contributed by atoms with van der Waals surface area (Å²) in [6.45, 7) is 13.2. The fourth-order valence-electron chi connectivity index (χ4n) is 2.15. The summed E-state index contributed by atoms with van der Waals surface area (Å²) in [5.41, 5.74) is 5.23. The van der Waals surface area contributed by atoms with Gasteiger partial charge in [0.05, 0.1) is 17.4 Å². The molecule has 0 aliphatic carbocycles. The normalized spacial score (nSPS) is 19.2. The second kappa shape index (κ2) is 5.93. The van der Waals surface area contributed by atoms with E-state index in [2.05, 4.69) is 10.3 Å². The Balaban J connectivity index is 2.28. The molecule has 7 nitrogen and oxygen atoms in total. The molecule has 0 spiro atoms. The molecule has 2 heterocycles. The van der Waals surface area contributed by atoms with Crippen molar-refractivity contribution in [3.63, 3.8) is 0 Å². The third kappa shape index (κ3) is 3.99. The van der Waals surface area contributed by atoms with Crippen LogP contribution < -0.4 is 16.5 Å². The van der Waals surface area contributed by atoms with Gasteiger partial charge in [-0.25, -0.2) is 9.78 Å². The molecule has 1 aromatic rings. The summed E-state index contributed by atoms with van der Waals surface area (Å²) >= 11 is 0. The number of nitrogens with two attached hydrogens (primary N) is 1. The molecule has 2 rings (SSSR count). The van der Waals surface area contributed by atoms with Crippen LogP contribution in [0.15, 0.2) is 12.3 Å². The van der Waals surface area contributed by atoms with Gasteiger partial charge < -0.3 is 19.8 Å². The second-order valence-corrected chi connectivity index (χ2v) is 7.92. The van der Waals surface area contributed by atoms with Crippen LogP contribution in [-0.2, 0) is 14.0 Å². The quantitative estimate of drug-likeness (QED) is 0.805. The number of carbonyl (C=O) groups is 1. The number of pyridine rings is 1. The minimum Gasteiger partial charge on any atom is -0.444 e. The molecule has 0 unspecified atom stereocenters. The highest BCUT2D eigenvalue weighted by atomic mass is 16.7. The molecule has 1 fully saturated rings. The van der Waals surface area contributed by atoms with Crippen molar-refractivity contribution in [2.75, 3.05) is 11.1 Å². The lowest BCUT2D eigenvalue weighted by molar-refractivity contribution is 0.00578. The highest BCUT2D eigenvalue weighted by Crippen LogP contribution is 2.37. The zero-order valence-electron chi connectivity index (χ0n) is 15.4. The van der Waals surface area contributed by atoms with E-state index in [4.69, 9.17) is 19.8 Å². The molecule has 0 atom stereocenters.